The van der Waals surface area contributed by atoms with E-state index in [0.29, 0.717) is 21.5 Å². The first-order chi connectivity index (χ1) is 10.1. The van der Waals surface area contributed by atoms with E-state index in [-0.39, 0.29) is 11.9 Å². The van der Waals surface area contributed by atoms with E-state index >= 15 is 0 Å². The number of hydrogen-bond acceptors (Lipinski definition) is 2. The highest BCUT2D eigenvalue weighted by molar-refractivity contribution is 6.42. The number of hydrogen-bond donors (Lipinski definition) is 1. The normalized spacial score (nSPS) is 18.0. The van der Waals surface area contributed by atoms with Crippen molar-refractivity contribution in [3.63, 3.8) is 0 Å². The zero-order valence-electron chi connectivity index (χ0n) is 11.2. The Morgan fingerprint density at radius 3 is 2.67 bits per heavy atom. The maximum Gasteiger partial charge on any atom is 0.132 e. The molecule has 2 nitrogen and oxygen atoms in total. The van der Waals surface area contributed by atoms with Gasteiger partial charge in [-0.05, 0) is 49.7 Å². The predicted octanol–water partition coefficient (Wildman–Crippen LogP) is 5.35. The number of nitrogens with one attached hydrogen (secondary N) is 1. The van der Waals surface area contributed by atoms with E-state index in [1.54, 1.807) is 24.3 Å². The van der Waals surface area contributed by atoms with Gasteiger partial charge in [0.15, 0.2) is 0 Å². The van der Waals surface area contributed by atoms with Gasteiger partial charge in [0.25, 0.3) is 0 Å². The highest BCUT2D eigenvalue weighted by Gasteiger charge is 2.21. The third-order valence-corrected chi connectivity index (χ3v) is 4.27. The van der Waals surface area contributed by atoms with Crippen molar-refractivity contribution < 1.29 is 9.13 Å². The van der Waals surface area contributed by atoms with E-state index in [9.17, 15) is 4.39 Å². The molecule has 2 aromatic carbocycles. The quantitative estimate of drug-likeness (QED) is 0.821. The van der Waals surface area contributed by atoms with Gasteiger partial charge in [0.2, 0.25) is 0 Å². The van der Waals surface area contributed by atoms with Crippen molar-refractivity contribution in [2.75, 3.05) is 6.54 Å². The summed E-state index contributed by atoms with van der Waals surface area (Å²) in [7, 11) is 0. The molecule has 0 bridgehead atoms. The molecule has 0 aromatic heterocycles. The molecule has 1 saturated heterocycles. The van der Waals surface area contributed by atoms with Gasteiger partial charge < -0.3 is 10.1 Å². The van der Waals surface area contributed by atoms with Crippen LogP contribution in [0.1, 0.15) is 24.4 Å². The lowest BCUT2D eigenvalue weighted by atomic mass is 10.0. The van der Waals surface area contributed by atoms with Crippen LogP contribution in [0.3, 0.4) is 0 Å². The largest absolute Gasteiger partial charge is 0.457 e. The molecule has 0 saturated carbocycles. The Balaban J connectivity index is 1.92. The summed E-state index contributed by atoms with van der Waals surface area (Å²) in [4.78, 5) is 0. The average Bonchev–Trinajstić information content (AvgIpc) is 2.99. The topological polar surface area (TPSA) is 21.3 Å². The Kier molecular flexibility index (Phi) is 4.34. The van der Waals surface area contributed by atoms with Crippen LogP contribution in [-0.2, 0) is 0 Å². The van der Waals surface area contributed by atoms with Gasteiger partial charge in [-0.2, -0.15) is 0 Å². The zero-order chi connectivity index (χ0) is 14.8. The molecule has 21 heavy (non-hydrogen) atoms. The molecule has 0 amide bonds. The Labute approximate surface area is 132 Å². The van der Waals surface area contributed by atoms with E-state index in [2.05, 4.69) is 5.32 Å². The molecule has 2 aromatic rings. The van der Waals surface area contributed by atoms with Crippen molar-refractivity contribution in [3.8, 4) is 11.5 Å². The van der Waals surface area contributed by atoms with Gasteiger partial charge in [-0.25, -0.2) is 4.39 Å². The molecule has 1 atom stereocenters. The fourth-order valence-electron chi connectivity index (χ4n) is 2.50. The lowest BCUT2D eigenvalue weighted by molar-refractivity contribution is 0.462. The molecular formula is C16H14Cl2FNO. The molecule has 110 valence electrons. The first-order valence-electron chi connectivity index (χ1n) is 6.79. The smallest absolute Gasteiger partial charge is 0.132 e. The van der Waals surface area contributed by atoms with Crippen LogP contribution in [-0.4, -0.2) is 6.54 Å². The van der Waals surface area contributed by atoms with Crippen LogP contribution in [0.2, 0.25) is 10.0 Å². The molecule has 1 N–H and O–H groups in total. The third-order valence-electron chi connectivity index (χ3n) is 3.53. The summed E-state index contributed by atoms with van der Waals surface area (Å²) < 4.78 is 19.4. The van der Waals surface area contributed by atoms with Crippen molar-refractivity contribution in [2.45, 2.75) is 18.9 Å². The average molecular weight is 326 g/mol. The highest BCUT2D eigenvalue weighted by atomic mass is 35.5. The van der Waals surface area contributed by atoms with Gasteiger partial charge >= 0.3 is 0 Å². The molecular weight excluding hydrogens is 312 g/mol. The van der Waals surface area contributed by atoms with Crippen LogP contribution in [0.15, 0.2) is 36.4 Å². The van der Waals surface area contributed by atoms with Crippen LogP contribution in [0.5, 0.6) is 11.5 Å². The van der Waals surface area contributed by atoms with Gasteiger partial charge in [-0.15, -0.1) is 0 Å². The summed E-state index contributed by atoms with van der Waals surface area (Å²) in [6.07, 6.45) is 2.05. The summed E-state index contributed by atoms with van der Waals surface area (Å²) >= 11 is 11.9. The lowest BCUT2D eigenvalue weighted by Crippen LogP contribution is -2.13. The van der Waals surface area contributed by atoms with Crippen molar-refractivity contribution in [2.24, 2.45) is 0 Å². The second-order valence-electron chi connectivity index (χ2n) is 5.01. The molecule has 0 radical (unpaired) electrons. The molecule has 3 rings (SSSR count). The second-order valence-corrected chi connectivity index (χ2v) is 5.82. The Bertz CT molecular complexity index is 657. The SMILES string of the molecule is Fc1ccc(Oc2ccc(Cl)c(Cl)c2)c([C@@H]2CCCN2)c1. The van der Waals surface area contributed by atoms with E-state index in [1.165, 1.54) is 12.1 Å². The third kappa shape index (κ3) is 3.31. The summed E-state index contributed by atoms with van der Waals surface area (Å²) in [6, 6.07) is 9.76. The van der Waals surface area contributed by atoms with Crippen molar-refractivity contribution in [3.05, 3.63) is 57.8 Å². The summed E-state index contributed by atoms with van der Waals surface area (Å²) in [5.74, 6) is 0.949. The lowest BCUT2D eigenvalue weighted by Gasteiger charge is -2.16. The Hall–Kier alpha value is -1.29. The molecule has 0 aliphatic carbocycles. The highest BCUT2D eigenvalue weighted by Crippen LogP contribution is 2.35. The summed E-state index contributed by atoms with van der Waals surface area (Å²) in [5.41, 5.74) is 0.832. The van der Waals surface area contributed by atoms with E-state index in [4.69, 9.17) is 27.9 Å². The number of ether oxygens (including phenoxy) is 1. The van der Waals surface area contributed by atoms with Crippen LogP contribution < -0.4 is 10.1 Å². The van der Waals surface area contributed by atoms with E-state index in [1.807, 2.05) is 0 Å². The fourth-order valence-corrected chi connectivity index (χ4v) is 2.79. The first kappa shape index (κ1) is 14.6. The molecule has 1 fully saturated rings. The standard InChI is InChI=1S/C16H14Cl2FNO/c17-13-5-4-11(9-14(13)18)21-16-6-3-10(19)8-12(16)15-2-1-7-20-15/h3-6,8-9,15,20H,1-2,7H2/t15-/m0/s1. The molecule has 1 aliphatic heterocycles. The molecule has 0 unspecified atom stereocenters. The zero-order valence-corrected chi connectivity index (χ0v) is 12.7. The predicted molar refractivity (Wildman–Crippen MR) is 82.9 cm³/mol. The van der Waals surface area contributed by atoms with Gasteiger partial charge in [0, 0.05) is 17.7 Å². The van der Waals surface area contributed by atoms with Gasteiger partial charge in [0.1, 0.15) is 17.3 Å². The van der Waals surface area contributed by atoms with Crippen LogP contribution in [0, 0.1) is 5.82 Å². The van der Waals surface area contributed by atoms with Crippen LogP contribution in [0.25, 0.3) is 0 Å². The van der Waals surface area contributed by atoms with E-state index in [0.717, 1.165) is 24.9 Å². The maximum atomic E-state index is 13.5. The maximum absolute atomic E-state index is 13.5. The monoisotopic (exact) mass is 325 g/mol. The number of halogens is 3. The Morgan fingerprint density at radius 2 is 1.95 bits per heavy atom. The van der Waals surface area contributed by atoms with Crippen LogP contribution >= 0.6 is 23.2 Å². The number of rotatable bonds is 3. The van der Waals surface area contributed by atoms with Crippen LogP contribution in [0.4, 0.5) is 4.39 Å². The summed E-state index contributed by atoms with van der Waals surface area (Å²) in [6.45, 7) is 0.938. The van der Waals surface area contributed by atoms with Crippen molar-refractivity contribution >= 4 is 23.2 Å². The van der Waals surface area contributed by atoms with Gasteiger partial charge in [-0.3, -0.25) is 0 Å². The van der Waals surface area contributed by atoms with Gasteiger partial charge in [-0.1, -0.05) is 23.2 Å². The van der Waals surface area contributed by atoms with Gasteiger partial charge in [0.05, 0.1) is 10.0 Å². The number of benzene rings is 2. The second kappa shape index (κ2) is 6.22. The minimum Gasteiger partial charge on any atom is -0.457 e. The first-order valence-corrected chi connectivity index (χ1v) is 7.55. The molecule has 1 heterocycles. The minimum atomic E-state index is -0.264. The molecule has 1 aliphatic rings. The van der Waals surface area contributed by atoms with Crippen molar-refractivity contribution in [1.29, 1.82) is 0 Å². The minimum absolute atomic E-state index is 0.124. The molecule has 0 spiro atoms. The van der Waals surface area contributed by atoms with Crippen molar-refractivity contribution in [1.82, 2.24) is 5.32 Å². The fraction of sp³-hybridized carbons (Fsp3) is 0.250. The Morgan fingerprint density at radius 1 is 1.10 bits per heavy atom. The van der Waals surface area contributed by atoms with E-state index < -0.39 is 0 Å². The molecule has 5 heteroatoms. The summed E-state index contributed by atoms with van der Waals surface area (Å²) in [5, 5.41) is 4.25.